The van der Waals surface area contributed by atoms with Gasteiger partial charge in [-0.15, -0.1) is 0 Å². The molecule has 1 unspecified atom stereocenters. The van der Waals surface area contributed by atoms with Crippen molar-refractivity contribution in [2.45, 2.75) is 63.7 Å². The maximum Gasteiger partial charge on any atom is 0.255 e. The molecule has 3 saturated heterocycles. The molecule has 3 N–H and O–H groups in total. The molecule has 0 bridgehead atoms. The number of nitriles is 1. The van der Waals surface area contributed by atoms with Gasteiger partial charge in [-0.25, -0.2) is 9.97 Å². The van der Waals surface area contributed by atoms with Gasteiger partial charge in [-0.3, -0.25) is 24.6 Å². The summed E-state index contributed by atoms with van der Waals surface area (Å²) in [5.41, 5.74) is 3.64. The van der Waals surface area contributed by atoms with E-state index in [2.05, 4.69) is 53.9 Å². The number of hydrogen-bond acceptors (Lipinski definition) is 10. The average Bonchev–Trinajstić information content (AvgIpc) is 3.43. The normalized spacial score (nSPS) is 21.0. The number of hydrogen-bond donors (Lipinski definition) is 3. The largest absolute Gasteiger partial charge is 0.381 e. The number of halogens is 2. The van der Waals surface area contributed by atoms with Gasteiger partial charge >= 0.3 is 0 Å². The van der Waals surface area contributed by atoms with Crippen molar-refractivity contribution < 1.29 is 19.1 Å². The summed E-state index contributed by atoms with van der Waals surface area (Å²) in [6.45, 7) is 4.55. The van der Waals surface area contributed by atoms with Gasteiger partial charge in [-0.1, -0.05) is 39.7 Å². The molecule has 1 atom stereocenters. The molecule has 3 fully saturated rings. The molecule has 0 spiro atoms. The molecule has 12 nitrogen and oxygen atoms in total. The van der Waals surface area contributed by atoms with E-state index in [1.807, 2.05) is 30.3 Å². The number of nitrogens with one attached hydrogen (secondary N) is 3. The lowest BCUT2D eigenvalue weighted by molar-refractivity contribution is -0.136. The number of carbonyl (C=O) groups is 3. The number of nitrogens with zero attached hydrogens (tertiary/aromatic N) is 5. The van der Waals surface area contributed by atoms with Crippen molar-refractivity contribution in [3.05, 3.63) is 68.8 Å². The van der Waals surface area contributed by atoms with E-state index in [1.54, 1.807) is 11.1 Å². The molecule has 4 aliphatic rings. The second-order valence-corrected chi connectivity index (χ2v) is 14.8. The van der Waals surface area contributed by atoms with Crippen molar-refractivity contribution in [1.29, 1.82) is 5.26 Å². The van der Waals surface area contributed by atoms with Crippen LogP contribution in [0.25, 0.3) is 11.3 Å². The Labute approximate surface area is 304 Å². The molecular weight excluding hydrogens is 724 g/mol. The van der Waals surface area contributed by atoms with Gasteiger partial charge < -0.3 is 20.3 Å². The van der Waals surface area contributed by atoms with Crippen LogP contribution in [0.3, 0.4) is 0 Å². The quantitative estimate of drug-likeness (QED) is 0.251. The Morgan fingerprint density at radius 1 is 1.08 bits per heavy atom. The first-order valence-corrected chi connectivity index (χ1v) is 18.2. The molecule has 0 aliphatic carbocycles. The summed E-state index contributed by atoms with van der Waals surface area (Å²) >= 11 is 10.3. The fourth-order valence-corrected chi connectivity index (χ4v) is 7.86. The summed E-state index contributed by atoms with van der Waals surface area (Å²) in [6.07, 6.45) is 5.47. The number of benzene rings is 1. The topological polar surface area (TPSA) is 153 Å². The minimum absolute atomic E-state index is 0.174. The Kier molecular flexibility index (Phi) is 10.1. The van der Waals surface area contributed by atoms with Gasteiger partial charge in [-0.05, 0) is 67.5 Å². The minimum atomic E-state index is -0.628. The van der Waals surface area contributed by atoms with E-state index in [0.29, 0.717) is 62.0 Å². The lowest BCUT2D eigenvalue weighted by Crippen LogP contribution is -2.52. The van der Waals surface area contributed by atoms with Crippen molar-refractivity contribution in [2.24, 2.45) is 5.41 Å². The van der Waals surface area contributed by atoms with Crippen molar-refractivity contribution >= 4 is 56.9 Å². The Bertz CT molecular complexity index is 1850. The van der Waals surface area contributed by atoms with Gasteiger partial charge in [0.2, 0.25) is 11.8 Å². The Morgan fingerprint density at radius 3 is 2.64 bits per heavy atom. The summed E-state index contributed by atoms with van der Waals surface area (Å²) in [7, 11) is 0. The van der Waals surface area contributed by atoms with Gasteiger partial charge in [-0.2, -0.15) is 5.26 Å². The smallest absolute Gasteiger partial charge is 0.255 e. The zero-order valence-corrected chi connectivity index (χ0v) is 29.9. The number of carbonyl (C=O) groups excluding carboxylic acids is 3. The first-order valence-electron chi connectivity index (χ1n) is 17.0. The SMILES string of the molecule is N#CC1(CNc2cccc(-c3cc(NC4CCN(Cc5cc6c(cc5Br)C(=O)N(C5CCC(=O)NC5=O)C6)CC4)ncc3Cl)n2)CCOCC1. The Morgan fingerprint density at radius 2 is 1.88 bits per heavy atom. The summed E-state index contributed by atoms with van der Waals surface area (Å²) in [4.78, 5) is 50.6. The van der Waals surface area contributed by atoms with Crippen LogP contribution in [0.2, 0.25) is 5.02 Å². The van der Waals surface area contributed by atoms with Crippen LogP contribution in [-0.4, -0.2) is 82.4 Å². The van der Waals surface area contributed by atoms with Crippen LogP contribution in [-0.2, 0) is 27.4 Å². The second kappa shape index (κ2) is 14.6. The second-order valence-electron chi connectivity index (χ2n) is 13.5. The molecular formula is C36H38BrClN8O4. The highest BCUT2D eigenvalue weighted by atomic mass is 79.9. The summed E-state index contributed by atoms with van der Waals surface area (Å²) in [5, 5.41) is 19.6. The van der Waals surface area contributed by atoms with Crippen LogP contribution in [0.5, 0.6) is 0 Å². The van der Waals surface area contributed by atoms with Gasteiger partial charge in [0.1, 0.15) is 17.7 Å². The van der Waals surface area contributed by atoms with E-state index in [-0.39, 0.29) is 24.3 Å². The molecule has 3 amide bonds. The first-order chi connectivity index (χ1) is 24.2. The van der Waals surface area contributed by atoms with Crippen molar-refractivity contribution in [1.82, 2.24) is 25.1 Å². The van der Waals surface area contributed by atoms with Crippen LogP contribution >= 0.6 is 27.5 Å². The molecule has 1 aromatic carbocycles. The average molecular weight is 762 g/mol. The van der Waals surface area contributed by atoms with E-state index in [9.17, 15) is 19.6 Å². The molecule has 3 aromatic rings. The Balaban J connectivity index is 0.947. The van der Waals surface area contributed by atoms with E-state index in [4.69, 9.17) is 21.3 Å². The number of pyridine rings is 2. The minimum Gasteiger partial charge on any atom is -0.381 e. The standard InChI is InChI=1S/C36H38BrClN8O4/c37-27-15-25-22(19-46(35(25)49)30-4-5-33(47)44-34(30)48)14-23(27)18-45-10-6-24(7-11-45)42-32-16-26(28(38)17-40-32)29-2-1-3-31(43-29)41-21-36(20-39)8-12-50-13-9-36/h1-3,14-17,24,30H,4-13,18-19,21H2,(H,40,42)(H,41,43)(H,44,47,48). The third-order valence-corrected chi connectivity index (χ3v) is 11.2. The van der Waals surface area contributed by atoms with Gasteiger partial charge in [0.25, 0.3) is 5.91 Å². The predicted molar refractivity (Wildman–Crippen MR) is 191 cm³/mol. The third-order valence-electron chi connectivity index (χ3n) is 10.2. The monoisotopic (exact) mass is 760 g/mol. The number of ether oxygens (including phenoxy) is 1. The van der Waals surface area contributed by atoms with Crippen molar-refractivity contribution in [3.63, 3.8) is 0 Å². The van der Waals surface area contributed by atoms with Crippen LogP contribution in [0.1, 0.15) is 60.0 Å². The zero-order valence-electron chi connectivity index (χ0n) is 27.5. The van der Waals surface area contributed by atoms with E-state index in [1.165, 1.54) is 0 Å². The molecule has 0 radical (unpaired) electrons. The van der Waals surface area contributed by atoms with Gasteiger partial charge in [0.05, 0.1) is 22.2 Å². The molecule has 6 heterocycles. The van der Waals surface area contributed by atoms with Crippen LogP contribution in [0, 0.1) is 16.7 Å². The number of anilines is 2. The molecule has 14 heteroatoms. The maximum atomic E-state index is 13.2. The number of likely N-dealkylation sites (tertiary alicyclic amines) is 1. The number of fused-ring (bicyclic) bond motifs is 1. The number of aromatic nitrogens is 2. The van der Waals surface area contributed by atoms with Crippen LogP contribution in [0.15, 0.2) is 47.1 Å². The van der Waals surface area contributed by atoms with Gasteiger partial charge in [0.15, 0.2) is 0 Å². The third kappa shape index (κ3) is 7.35. The lowest BCUT2D eigenvalue weighted by Gasteiger charge is -2.33. The summed E-state index contributed by atoms with van der Waals surface area (Å²) < 4.78 is 6.33. The fourth-order valence-electron chi connectivity index (χ4n) is 7.19. The molecule has 4 aliphatic heterocycles. The van der Waals surface area contributed by atoms with Crippen LogP contribution in [0.4, 0.5) is 11.6 Å². The Hall–Kier alpha value is -4.09. The predicted octanol–water partition coefficient (Wildman–Crippen LogP) is 5.13. The highest BCUT2D eigenvalue weighted by molar-refractivity contribution is 9.10. The molecule has 260 valence electrons. The molecule has 7 rings (SSSR count). The number of imide groups is 1. The van der Waals surface area contributed by atoms with Crippen molar-refractivity contribution in [2.75, 3.05) is 43.5 Å². The first kappa shape index (κ1) is 34.4. The van der Waals surface area contributed by atoms with Gasteiger partial charge in [0, 0.05) is 80.2 Å². The maximum absolute atomic E-state index is 13.2. The van der Waals surface area contributed by atoms with E-state index < -0.39 is 17.4 Å². The number of rotatable bonds is 9. The summed E-state index contributed by atoms with van der Waals surface area (Å²) in [5.74, 6) is 0.551. The molecule has 0 saturated carbocycles. The van der Waals surface area contributed by atoms with E-state index >= 15 is 0 Å². The fraction of sp³-hybridized carbons (Fsp3) is 0.444. The number of piperidine rings is 2. The van der Waals surface area contributed by atoms with Crippen molar-refractivity contribution in [3.8, 4) is 17.3 Å². The summed E-state index contributed by atoms with van der Waals surface area (Å²) in [6, 6.07) is 13.7. The molecule has 50 heavy (non-hydrogen) atoms. The van der Waals surface area contributed by atoms with Crippen LogP contribution < -0.4 is 16.0 Å². The zero-order chi connectivity index (χ0) is 34.8. The van der Waals surface area contributed by atoms with E-state index in [0.717, 1.165) is 65.2 Å². The molecule has 2 aromatic heterocycles. The number of amides is 3. The highest BCUT2D eigenvalue weighted by Crippen LogP contribution is 2.34. The highest BCUT2D eigenvalue weighted by Gasteiger charge is 2.39. The lowest BCUT2D eigenvalue weighted by atomic mass is 9.82.